The van der Waals surface area contributed by atoms with Crippen LogP contribution in [0.1, 0.15) is 15.9 Å². The average molecular weight is 399 g/mol. The zero-order valence-corrected chi connectivity index (χ0v) is 14.9. The minimum atomic E-state index is -0.362. The number of hydrogen-bond acceptors (Lipinski definition) is 4. The van der Waals surface area contributed by atoms with E-state index in [9.17, 15) is 9.90 Å². The van der Waals surface area contributed by atoms with E-state index < -0.39 is 0 Å². The van der Waals surface area contributed by atoms with Gasteiger partial charge in [0.1, 0.15) is 11.5 Å². The maximum Gasteiger partial charge on any atom is 0.271 e. The fourth-order valence-electron chi connectivity index (χ4n) is 2.45. The molecule has 0 heterocycles. The summed E-state index contributed by atoms with van der Waals surface area (Å²) in [5.41, 5.74) is 3.45. The lowest BCUT2D eigenvalue weighted by Crippen LogP contribution is -2.17. The van der Waals surface area contributed by atoms with Crippen molar-refractivity contribution in [2.75, 3.05) is 7.11 Å². The van der Waals surface area contributed by atoms with Crippen LogP contribution in [-0.4, -0.2) is 24.3 Å². The quantitative estimate of drug-likeness (QED) is 0.513. The molecule has 3 rings (SSSR count). The standard InChI is InChI=1S/C19H15BrN2O3/c1-25-18-9-7-13(10-16(18)20)19(24)22-21-11-15-14-5-3-2-4-12(14)6-8-17(15)23/h2-11,23H,1H3,(H,22,24). The number of fused-ring (bicyclic) bond motifs is 1. The Balaban J connectivity index is 1.81. The van der Waals surface area contributed by atoms with Crippen molar-refractivity contribution in [3.05, 3.63) is 70.2 Å². The molecule has 25 heavy (non-hydrogen) atoms. The number of nitrogens with one attached hydrogen (secondary N) is 1. The summed E-state index contributed by atoms with van der Waals surface area (Å²) in [6, 6.07) is 16.1. The van der Waals surface area contributed by atoms with Gasteiger partial charge >= 0.3 is 0 Å². The van der Waals surface area contributed by atoms with Crippen LogP contribution in [-0.2, 0) is 0 Å². The van der Waals surface area contributed by atoms with Crippen LogP contribution in [0, 0.1) is 0 Å². The lowest BCUT2D eigenvalue weighted by Gasteiger charge is -2.06. The first-order chi connectivity index (χ1) is 12.1. The molecule has 0 radical (unpaired) electrons. The van der Waals surface area contributed by atoms with Crippen molar-refractivity contribution in [2.45, 2.75) is 0 Å². The number of phenolic OH excluding ortho intramolecular Hbond substituents is 1. The van der Waals surface area contributed by atoms with Gasteiger partial charge in [-0.3, -0.25) is 4.79 Å². The number of ether oxygens (including phenoxy) is 1. The largest absolute Gasteiger partial charge is 0.507 e. The molecule has 0 aliphatic carbocycles. The van der Waals surface area contributed by atoms with Crippen molar-refractivity contribution in [3.8, 4) is 11.5 Å². The Hall–Kier alpha value is -2.86. The summed E-state index contributed by atoms with van der Waals surface area (Å²) in [5, 5.41) is 15.9. The maximum absolute atomic E-state index is 12.2. The van der Waals surface area contributed by atoms with Crippen molar-refractivity contribution in [1.82, 2.24) is 5.43 Å². The van der Waals surface area contributed by atoms with E-state index in [-0.39, 0.29) is 11.7 Å². The molecule has 126 valence electrons. The molecule has 0 saturated heterocycles. The Labute approximate surface area is 153 Å². The van der Waals surface area contributed by atoms with Crippen molar-refractivity contribution < 1.29 is 14.6 Å². The molecule has 3 aromatic carbocycles. The van der Waals surface area contributed by atoms with Gasteiger partial charge in [0.25, 0.3) is 5.91 Å². The molecule has 0 unspecified atom stereocenters. The van der Waals surface area contributed by atoms with Gasteiger partial charge in [0.2, 0.25) is 0 Å². The third kappa shape index (κ3) is 3.64. The van der Waals surface area contributed by atoms with E-state index in [1.54, 1.807) is 31.4 Å². The Bertz CT molecular complexity index is 970. The minimum Gasteiger partial charge on any atom is -0.507 e. The highest BCUT2D eigenvalue weighted by atomic mass is 79.9. The fraction of sp³-hybridized carbons (Fsp3) is 0.0526. The molecule has 5 nitrogen and oxygen atoms in total. The Kier molecular flexibility index (Phi) is 5.00. The molecule has 1 amide bonds. The first kappa shape index (κ1) is 17.0. The van der Waals surface area contributed by atoms with Crippen LogP contribution in [0.2, 0.25) is 0 Å². The van der Waals surface area contributed by atoms with Crippen molar-refractivity contribution in [2.24, 2.45) is 5.10 Å². The molecule has 2 N–H and O–H groups in total. The predicted octanol–water partition coefficient (Wildman–Crippen LogP) is 4.08. The SMILES string of the molecule is COc1ccc(C(=O)NN=Cc2c(O)ccc3ccccc23)cc1Br. The number of phenols is 1. The van der Waals surface area contributed by atoms with Crippen LogP contribution in [0.15, 0.2) is 64.2 Å². The number of benzene rings is 3. The number of amides is 1. The van der Waals surface area contributed by atoms with E-state index in [0.29, 0.717) is 21.3 Å². The van der Waals surface area contributed by atoms with Gasteiger partial charge in [-0.1, -0.05) is 30.3 Å². The number of rotatable bonds is 4. The third-order valence-electron chi connectivity index (χ3n) is 3.72. The molecule has 0 aromatic heterocycles. The highest BCUT2D eigenvalue weighted by Gasteiger charge is 2.09. The van der Waals surface area contributed by atoms with Gasteiger partial charge in [0, 0.05) is 11.1 Å². The van der Waals surface area contributed by atoms with Crippen molar-refractivity contribution in [3.63, 3.8) is 0 Å². The van der Waals surface area contributed by atoms with Crippen molar-refractivity contribution in [1.29, 1.82) is 0 Å². The van der Waals surface area contributed by atoms with Gasteiger partial charge < -0.3 is 9.84 Å². The molecular formula is C19H15BrN2O3. The monoisotopic (exact) mass is 398 g/mol. The second kappa shape index (κ2) is 7.36. The summed E-state index contributed by atoms with van der Waals surface area (Å²) in [7, 11) is 1.56. The number of hydrazone groups is 1. The van der Waals surface area contributed by atoms with Crippen LogP contribution >= 0.6 is 15.9 Å². The van der Waals surface area contributed by atoms with Crippen LogP contribution in [0.3, 0.4) is 0 Å². The Morgan fingerprint density at radius 2 is 2.00 bits per heavy atom. The van der Waals surface area contributed by atoms with Gasteiger partial charge in [-0.15, -0.1) is 0 Å². The van der Waals surface area contributed by atoms with Gasteiger partial charge in [-0.2, -0.15) is 5.10 Å². The van der Waals surface area contributed by atoms with Crippen LogP contribution in [0.5, 0.6) is 11.5 Å². The number of carbonyl (C=O) groups excluding carboxylic acids is 1. The average Bonchev–Trinajstić information content (AvgIpc) is 2.63. The number of halogens is 1. The third-order valence-corrected chi connectivity index (χ3v) is 4.34. The number of methoxy groups -OCH3 is 1. The molecule has 0 spiro atoms. The van der Waals surface area contributed by atoms with E-state index >= 15 is 0 Å². The zero-order valence-electron chi connectivity index (χ0n) is 13.4. The lowest BCUT2D eigenvalue weighted by molar-refractivity contribution is 0.0955. The molecule has 0 bridgehead atoms. The molecule has 0 aliphatic heterocycles. The van der Waals surface area contributed by atoms with Gasteiger partial charge in [0.15, 0.2) is 0 Å². The minimum absolute atomic E-state index is 0.101. The van der Waals surface area contributed by atoms with Gasteiger partial charge in [0.05, 0.1) is 17.8 Å². The Morgan fingerprint density at radius 3 is 2.76 bits per heavy atom. The lowest BCUT2D eigenvalue weighted by atomic mass is 10.0. The number of aromatic hydroxyl groups is 1. The van der Waals surface area contributed by atoms with E-state index in [1.807, 2.05) is 30.3 Å². The van der Waals surface area contributed by atoms with Gasteiger partial charge in [-0.25, -0.2) is 5.43 Å². The Morgan fingerprint density at radius 1 is 1.20 bits per heavy atom. The number of hydrogen-bond donors (Lipinski definition) is 2. The highest BCUT2D eigenvalue weighted by molar-refractivity contribution is 9.10. The summed E-state index contributed by atoms with van der Waals surface area (Å²) in [6.45, 7) is 0. The second-order valence-corrected chi connectivity index (χ2v) is 6.12. The van der Waals surface area contributed by atoms with E-state index in [0.717, 1.165) is 10.8 Å². The topological polar surface area (TPSA) is 70.9 Å². The molecule has 3 aromatic rings. The maximum atomic E-state index is 12.2. The van der Waals surface area contributed by atoms with Crippen LogP contribution < -0.4 is 10.2 Å². The van der Waals surface area contributed by atoms with Gasteiger partial charge in [-0.05, 0) is 51.0 Å². The first-order valence-electron chi connectivity index (χ1n) is 7.48. The van der Waals surface area contributed by atoms with Crippen molar-refractivity contribution >= 4 is 38.8 Å². The summed E-state index contributed by atoms with van der Waals surface area (Å²) < 4.78 is 5.82. The zero-order chi connectivity index (χ0) is 17.8. The normalized spacial score (nSPS) is 11.0. The molecule has 0 fully saturated rings. The van der Waals surface area contributed by atoms with E-state index in [2.05, 4.69) is 26.5 Å². The summed E-state index contributed by atoms with van der Waals surface area (Å²) in [6.07, 6.45) is 1.44. The number of carbonyl (C=O) groups is 1. The molecule has 0 saturated carbocycles. The summed E-state index contributed by atoms with van der Waals surface area (Å²) in [4.78, 5) is 12.2. The van der Waals surface area contributed by atoms with E-state index in [1.165, 1.54) is 6.21 Å². The fourth-order valence-corrected chi connectivity index (χ4v) is 2.99. The molecular weight excluding hydrogens is 384 g/mol. The summed E-state index contributed by atoms with van der Waals surface area (Å²) in [5.74, 6) is 0.379. The smallest absolute Gasteiger partial charge is 0.271 e. The second-order valence-electron chi connectivity index (χ2n) is 5.27. The number of nitrogens with zero attached hydrogens (tertiary/aromatic N) is 1. The summed E-state index contributed by atoms with van der Waals surface area (Å²) >= 11 is 3.34. The predicted molar refractivity (Wildman–Crippen MR) is 101 cm³/mol. The van der Waals surface area contributed by atoms with Crippen LogP contribution in [0.25, 0.3) is 10.8 Å². The van der Waals surface area contributed by atoms with E-state index in [4.69, 9.17) is 4.74 Å². The molecule has 0 aliphatic rings. The highest BCUT2D eigenvalue weighted by Crippen LogP contribution is 2.26. The first-order valence-corrected chi connectivity index (χ1v) is 8.27. The molecule has 0 atom stereocenters. The van der Waals surface area contributed by atoms with Crippen LogP contribution in [0.4, 0.5) is 0 Å². The molecule has 6 heteroatoms.